The van der Waals surface area contributed by atoms with Crippen LogP contribution in [0.3, 0.4) is 0 Å². The summed E-state index contributed by atoms with van der Waals surface area (Å²) >= 11 is 1.92. The number of nitrogens with zero attached hydrogens (tertiary/aromatic N) is 3. The lowest BCUT2D eigenvalue weighted by atomic mass is 10.1. The number of rotatable bonds is 6. The summed E-state index contributed by atoms with van der Waals surface area (Å²) in [6.45, 7) is 4.42. The van der Waals surface area contributed by atoms with Gasteiger partial charge in [0.25, 0.3) is 0 Å². The van der Waals surface area contributed by atoms with Crippen LogP contribution in [0.1, 0.15) is 55.8 Å². The molecule has 1 saturated carbocycles. The summed E-state index contributed by atoms with van der Waals surface area (Å²) in [5.74, 6) is 0.626. The van der Waals surface area contributed by atoms with Crippen molar-refractivity contribution in [3.63, 3.8) is 0 Å². The molecule has 28 heavy (non-hydrogen) atoms. The van der Waals surface area contributed by atoms with E-state index in [0.717, 1.165) is 29.5 Å². The van der Waals surface area contributed by atoms with E-state index in [1.165, 1.54) is 36.9 Å². The van der Waals surface area contributed by atoms with E-state index in [-0.39, 0.29) is 6.04 Å². The Labute approximate surface area is 170 Å². The Morgan fingerprint density at radius 3 is 2.68 bits per heavy atom. The lowest BCUT2D eigenvalue weighted by molar-refractivity contribution is 0.531. The highest BCUT2D eigenvalue weighted by molar-refractivity contribution is 7.99. The molecule has 0 bridgehead atoms. The number of hydrogen-bond acceptors (Lipinski definition) is 5. The summed E-state index contributed by atoms with van der Waals surface area (Å²) in [5, 5.41) is 13.9. The molecule has 5 nitrogen and oxygen atoms in total. The van der Waals surface area contributed by atoms with E-state index in [1.807, 2.05) is 18.0 Å². The zero-order valence-corrected chi connectivity index (χ0v) is 17.1. The van der Waals surface area contributed by atoms with Gasteiger partial charge in [0.2, 0.25) is 0 Å². The van der Waals surface area contributed by atoms with Gasteiger partial charge in [-0.2, -0.15) is 5.10 Å². The molecule has 2 fully saturated rings. The fourth-order valence-electron chi connectivity index (χ4n) is 3.93. The topological polar surface area (TPSA) is 54.2 Å². The minimum absolute atomic E-state index is 0.213. The maximum absolute atomic E-state index is 4.99. The molecular weight excluding hydrogens is 366 g/mol. The van der Waals surface area contributed by atoms with Crippen molar-refractivity contribution in [2.24, 2.45) is 0 Å². The Bertz CT molecular complexity index is 944. The SMILES string of the molecule is CC(Nc1cc(SC2CCNCC2)nn2c(C3CC3)cnc12)c1ccccc1. The summed E-state index contributed by atoms with van der Waals surface area (Å²) < 4.78 is 2.10. The molecule has 1 aromatic carbocycles. The van der Waals surface area contributed by atoms with Gasteiger partial charge in [0, 0.05) is 17.2 Å². The molecule has 0 radical (unpaired) electrons. The number of fused-ring (bicyclic) bond motifs is 1. The Kier molecular flexibility index (Phi) is 4.99. The van der Waals surface area contributed by atoms with Crippen molar-refractivity contribution in [3.8, 4) is 0 Å². The van der Waals surface area contributed by atoms with Gasteiger partial charge in [-0.05, 0) is 57.3 Å². The zero-order valence-electron chi connectivity index (χ0n) is 16.3. The van der Waals surface area contributed by atoms with Crippen LogP contribution in [0.4, 0.5) is 5.69 Å². The van der Waals surface area contributed by atoms with Gasteiger partial charge in [-0.15, -0.1) is 11.8 Å². The Balaban J connectivity index is 1.48. The number of imidazole rings is 1. The van der Waals surface area contributed by atoms with E-state index < -0.39 is 0 Å². The van der Waals surface area contributed by atoms with E-state index in [4.69, 9.17) is 10.1 Å². The van der Waals surface area contributed by atoms with Crippen molar-refractivity contribution < 1.29 is 0 Å². The highest BCUT2D eigenvalue weighted by atomic mass is 32.2. The predicted octanol–water partition coefficient (Wildman–Crippen LogP) is 4.62. The first-order valence-corrected chi connectivity index (χ1v) is 11.2. The van der Waals surface area contributed by atoms with Crippen LogP contribution in [0.25, 0.3) is 5.65 Å². The summed E-state index contributed by atoms with van der Waals surface area (Å²) in [4.78, 5) is 4.73. The second kappa shape index (κ2) is 7.76. The second-order valence-electron chi connectivity index (χ2n) is 7.93. The van der Waals surface area contributed by atoms with E-state index in [9.17, 15) is 0 Å². The molecule has 1 saturated heterocycles. The molecule has 146 valence electrons. The Hall–Kier alpha value is -2.05. The second-order valence-corrected chi connectivity index (χ2v) is 9.25. The van der Waals surface area contributed by atoms with Gasteiger partial charge < -0.3 is 10.6 Å². The van der Waals surface area contributed by atoms with Crippen molar-refractivity contribution in [1.82, 2.24) is 19.9 Å². The van der Waals surface area contributed by atoms with Crippen molar-refractivity contribution in [2.75, 3.05) is 18.4 Å². The number of nitrogens with one attached hydrogen (secondary N) is 2. The molecule has 1 aliphatic heterocycles. The highest BCUT2D eigenvalue weighted by Gasteiger charge is 2.28. The average molecular weight is 394 g/mol. The largest absolute Gasteiger partial charge is 0.375 e. The van der Waals surface area contributed by atoms with Gasteiger partial charge in [0.1, 0.15) is 5.03 Å². The van der Waals surface area contributed by atoms with Gasteiger partial charge in [-0.25, -0.2) is 9.50 Å². The third-order valence-electron chi connectivity index (χ3n) is 5.71. The van der Waals surface area contributed by atoms with Gasteiger partial charge in [0.05, 0.1) is 17.6 Å². The molecule has 1 unspecified atom stereocenters. The fourth-order valence-corrected chi connectivity index (χ4v) is 5.05. The molecule has 0 spiro atoms. The monoisotopic (exact) mass is 393 g/mol. The number of hydrogen-bond donors (Lipinski definition) is 2. The first kappa shape index (κ1) is 18.0. The number of piperidine rings is 1. The maximum Gasteiger partial charge on any atom is 0.177 e. The summed E-state index contributed by atoms with van der Waals surface area (Å²) in [6, 6.07) is 13.0. The first-order valence-electron chi connectivity index (χ1n) is 10.4. The standard InChI is InChI=1S/C22H27N5S/c1-15(16-5-3-2-4-6-16)25-19-13-21(28-18-9-11-23-12-10-18)26-27-20(17-7-8-17)14-24-22(19)27/h2-6,13-15,17-18,23,25H,7-12H2,1H3. The minimum Gasteiger partial charge on any atom is -0.375 e. The Morgan fingerprint density at radius 2 is 1.93 bits per heavy atom. The number of aromatic nitrogens is 3. The molecule has 3 aromatic rings. The highest BCUT2D eigenvalue weighted by Crippen LogP contribution is 2.41. The molecule has 1 atom stereocenters. The molecule has 3 heterocycles. The van der Waals surface area contributed by atoms with Crippen LogP contribution >= 0.6 is 11.8 Å². The first-order chi connectivity index (χ1) is 13.8. The molecule has 5 rings (SSSR count). The molecular formula is C22H27N5S. The quantitative estimate of drug-likeness (QED) is 0.640. The van der Waals surface area contributed by atoms with Crippen molar-refractivity contribution >= 4 is 23.1 Å². The van der Waals surface area contributed by atoms with E-state index in [1.54, 1.807) is 0 Å². The summed E-state index contributed by atoms with van der Waals surface area (Å²) in [6.07, 6.45) is 6.94. The van der Waals surface area contributed by atoms with Gasteiger partial charge in [-0.3, -0.25) is 0 Å². The molecule has 2 aromatic heterocycles. The van der Waals surface area contributed by atoms with E-state index in [0.29, 0.717) is 11.2 Å². The van der Waals surface area contributed by atoms with Crippen LogP contribution < -0.4 is 10.6 Å². The molecule has 2 N–H and O–H groups in total. The number of anilines is 1. The molecule has 0 amide bonds. The normalized spacial score (nSPS) is 19.0. The average Bonchev–Trinajstić information content (AvgIpc) is 3.48. The van der Waals surface area contributed by atoms with Crippen LogP contribution in [0, 0.1) is 0 Å². The van der Waals surface area contributed by atoms with Crippen LogP contribution in [-0.4, -0.2) is 32.9 Å². The predicted molar refractivity (Wildman–Crippen MR) is 115 cm³/mol. The third kappa shape index (κ3) is 3.76. The number of thioether (sulfide) groups is 1. The fraction of sp³-hybridized carbons (Fsp3) is 0.455. The molecule has 2 aliphatic rings. The smallest absolute Gasteiger partial charge is 0.177 e. The van der Waals surface area contributed by atoms with Crippen molar-refractivity contribution in [1.29, 1.82) is 0 Å². The Morgan fingerprint density at radius 1 is 1.14 bits per heavy atom. The summed E-state index contributed by atoms with van der Waals surface area (Å²) in [5.41, 5.74) is 4.56. The lowest BCUT2D eigenvalue weighted by Gasteiger charge is -2.22. The molecule has 6 heteroatoms. The third-order valence-corrected chi connectivity index (χ3v) is 6.96. The van der Waals surface area contributed by atoms with Crippen molar-refractivity contribution in [2.45, 2.75) is 54.8 Å². The van der Waals surface area contributed by atoms with Crippen LogP contribution in [0.15, 0.2) is 47.6 Å². The minimum atomic E-state index is 0.213. The van der Waals surface area contributed by atoms with Gasteiger partial charge in [0.15, 0.2) is 5.65 Å². The molecule has 1 aliphatic carbocycles. The van der Waals surface area contributed by atoms with Crippen LogP contribution in [0.5, 0.6) is 0 Å². The van der Waals surface area contributed by atoms with E-state index >= 15 is 0 Å². The maximum atomic E-state index is 4.99. The van der Waals surface area contributed by atoms with Crippen LogP contribution in [0.2, 0.25) is 0 Å². The number of benzene rings is 1. The zero-order chi connectivity index (χ0) is 18.9. The van der Waals surface area contributed by atoms with Gasteiger partial charge in [-0.1, -0.05) is 30.3 Å². The van der Waals surface area contributed by atoms with Gasteiger partial charge >= 0.3 is 0 Å². The summed E-state index contributed by atoms with van der Waals surface area (Å²) in [7, 11) is 0. The van der Waals surface area contributed by atoms with E-state index in [2.05, 4.69) is 58.5 Å². The van der Waals surface area contributed by atoms with Crippen molar-refractivity contribution in [3.05, 3.63) is 53.9 Å². The lowest BCUT2D eigenvalue weighted by Crippen LogP contribution is -2.29. The van der Waals surface area contributed by atoms with Crippen LogP contribution in [-0.2, 0) is 0 Å².